The number of nitrogens with one attached hydrogen (secondary N) is 2. The Hall–Kier alpha value is -3.46. The van der Waals surface area contributed by atoms with E-state index in [9.17, 15) is 14.4 Å². The first-order valence-corrected chi connectivity index (χ1v) is 11.2. The molecule has 1 amide bonds. The van der Waals surface area contributed by atoms with E-state index in [1.165, 1.54) is 0 Å². The average Bonchev–Trinajstić information content (AvgIpc) is 3.19. The van der Waals surface area contributed by atoms with Crippen LogP contribution >= 0.6 is 11.3 Å². The topological polar surface area (TPSA) is 107 Å². The van der Waals surface area contributed by atoms with Crippen LogP contribution in [0.15, 0.2) is 48.5 Å². The first-order valence-electron chi connectivity index (χ1n) is 10.3. The summed E-state index contributed by atoms with van der Waals surface area (Å²) in [6, 6.07) is 14.1. The number of carbonyl (C=O) groups is 3. The van der Waals surface area contributed by atoms with Gasteiger partial charge in [-0.2, -0.15) is 0 Å². The molecular weight excluding hydrogens is 430 g/mol. The highest BCUT2D eigenvalue weighted by atomic mass is 32.1. The Morgan fingerprint density at radius 1 is 0.969 bits per heavy atom. The van der Waals surface area contributed by atoms with Crippen molar-refractivity contribution in [2.45, 2.75) is 32.7 Å². The molecule has 0 spiro atoms. The normalized spacial score (nSPS) is 10.7. The number of ether oxygens (including phenoxy) is 2. The molecule has 0 fully saturated rings. The molecule has 0 aliphatic carbocycles. The van der Waals surface area contributed by atoms with Gasteiger partial charge in [-0.15, -0.1) is 0 Å². The SMILES string of the molecule is CCOC(=O)C(NC(=O)CCc1ccc(Nc2nc3ccccc3s2)cc1)C(=O)OCC. The Kier molecular flexibility index (Phi) is 8.15. The predicted octanol–water partition coefficient (Wildman–Crippen LogP) is 3.58. The molecule has 0 saturated heterocycles. The number of amides is 1. The number of thiazole rings is 1. The van der Waals surface area contributed by atoms with Gasteiger partial charge in [-0.3, -0.25) is 4.79 Å². The van der Waals surface area contributed by atoms with Crippen LogP contribution in [0.25, 0.3) is 10.2 Å². The lowest BCUT2D eigenvalue weighted by atomic mass is 10.1. The molecule has 2 aromatic carbocycles. The minimum Gasteiger partial charge on any atom is -0.464 e. The van der Waals surface area contributed by atoms with Crippen molar-refractivity contribution < 1.29 is 23.9 Å². The minimum absolute atomic E-state index is 0.0992. The van der Waals surface area contributed by atoms with Crippen LogP contribution in [0.5, 0.6) is 0 Å². The van der Waals surface area contributed by atoms with Crippen LogP contribution in [-0.2, 0) is 30.3 Å². The van der Waals surface area contributed by atoms with E-state index in [0.29, 0.717) is 6.42 Å². The number of rotatable bonds is 10. The Balaban J connectivity index is 1.53. The second kappa shape index (κ2) is 11.2. The van der Waals surface area contributed by atoms with E-state index in [2.05, 4.69) is 15.6 Å². The number of aromatic nitrogens is 1. The van der Waals surface area contributed by atoms with Crippen molar-refractivity contribution in [2.24, 2.45) is 0 Å². The Morgan fingerprint density at radius 2 is 1.62 bits per heavy atom. The van der Waals surface area contributed by atoms with E-state index >= 15 is 0 Å². The van der Waals surface area contributed by atoms with Gasteiger partial charge < -0.3 is 20.1 Å². The molecule has 1 heterocycles. The molecule has 168 valence electrons. The molecule has 1 aromatic heterocycles. The lowest BCUT2D eigenvalue weighted by molar-refractivity contribution is -0.159. The zero-order valence-electron chi connectivity index (χ0n) is 17.9. The quantitative estimate of drug-likeness (QED) is 0.355. The van der Waals surface area contributed by atoms with Crippen LogP contribution in [0.3, 0.4) is 0 Å². The molecule has 0 unspecified atom stereocenters. The second-order valence-electron chi connectivity index (χ2n) is 6.81. The summed E-state index contributed by atoms with van der Waals surface area (Å²) in [4.78, 5) is 40.8. The van der Waals surface area contributed by atoms with Crippen molar-refractivity contribution in [1.29, 1.82) is 0 Å². The van der Waals surface area contributed by atoms with Gasteiger partial charge in [-0.1, -0.05) is 35.6 Å². The van der Waals surface area contributed by atoms with Gasteiger partial charge >= 0.3 is 11.9 Å². The second-order valence-corrected chi connectivity index (χ2v) is 7.84. The van der Waals surface area contributed by atoms with Gasteiger partial charge in [0.2, 0.25) is 11.9 Å². The lowest BCUT2D eigenvalue weighted by Crippen LogP contribution is -2.48. The summed E-state index contributed by atoms with van der Waals surface area (Å²) in [6.45, 7) is 3.44. The van der Waals surface area contributed by atoms with Crippen molar-refractivity contribution in [3.05, 3.63) is 54.1 Å². The molecule has 0 bridgehead atoms. The predicted molar refractivity (Wildman–Crippen MR) is 123 cm³/mol. The van der Waals surface area contributed by atoms with Crippen molar-refractivity contribution >= 4 is 50.2 Å². The van der Waals surface area contributed by atoms with E-state index in [1.807, 2.05) is 48.5 Å². The average molecular weight is 456 g/mol. The van der Waals surface area contributed by atoms with E-state index in [-0.39, 0.29) is 19.6 Å². The highest BCUT2D eigenvalue weighted by Gasteiger charge is 2.31. The third-order valence-corrected chi connectivity index (χ3v) is 5.44. The molecule has 32 heavy (non-hydrogen) atoms. The highest BCUT2D eigenvalue weighted by molar-refractivity contribution is 7.22. The molecular formula is C23H25N3O5S. The van der Waals surface area contributed by atoms with Gasteiger partial charge in [0.1, 0.15) is 0 Å². The number of anilines is 2. The molecule has 9 heteroatoms. The van der Waals surface area contributed by atoms with Crippen molar-refractivity contribution in [1.82, 2.24) is 10.3 Å². The number of nitrogens with zero attached hydrogens (tertiary/aromatic N) is 1. The highest BCUT2D eigenvalue weighted by Crippen LogP contribution is 2.28. The van der Waals surface area contributed by atoms with Gasteiger partial charge in [0.05, 0.1) is 23.4 Å². The maximum atomic E-state index is 12.3. The monoisotopic (exact) mass is 455 g/mol. The number of esters is 2. The van der Waals surface area contributed by atoms with Crippen LogP contribution in [-0.4, -0.2) is 42.1 Å². The molecule has 0 saturated carbocycles. The van der Waals surface area contributed by atoms with E-state index in [4.69, 9.17) is 9.47 Å². The largest absolute Gasteiger partial charge is 0.464 e. The fourth-order valence-corrected chi connectivity index (χ4v) is 3.85. The van der Waals surface area contributed by atoms with E-state index < -0.39 is 23.9 Å². The summed E-state index contributed by atoms with van der Waals surface area (Å²) in [5, 5.41) is 6.50. The number of hydrogen-bond donors (Lipinski definition) is 2. The summed E-state index contributed by atoms with van der Waals surface area (Å²) in [5.74, 6) is -2.10. The fourth-order valence-electron chi connectivity index (χ4n) is 2.96. The molecule has 0 aliphatic rings. The zero-order chi connectivity index (χ0) is 22.9. The minimum atomic E-state index is -1.46. The summed E-state index contributed by atoms with van der Waals surface area (Å²) in [6.07, 6.45) is 0.561. The third kappa shape index (κ3) is 6.27. The Morgan fingerprint density at radius 3 is 2.25 bits per heavy atom. The van der Waals surface area contributed by atoms with Gasteiger partial charge in [0, 0.05) is 12.1 Å². The standard InChI is InChI=1S/C23H25N3O5S/c1-3-30-21(28)20(22(29)31-4-2)26-19(27)14-11-15-9-12-16(13-10-15)24-23-25-17-7-5-6-8-18(17)32-23/h5-10,12-13,20H,3-4,11,14H2,1-2H3,(H,24,25)(H,26,27). The molecule has 0 aliphatic heterocycles. The molecule has 3 rings (SSSR count). The van der Waals surface area contributed by atoms with Crippen LogP contribution in [0.4, 0.5) is 10.8 Å². The van der Waals surface area contributed by atoms with Gasteiger partial charge in [0.25, 0.3) is 0 Å². The molecule has 8 nitrogen and oxygen atoms in total. The Bertz CT molecular complexity index is 1030. The summed E-state index contributed by atoms with van der Waals surface area (Å²) >= 11 is 1.58. The van der Waals surface area contributed by atoms with Crippen molar-refractivity contribution in [3.8, 4) is 0 Å². The number of fused-ring (bicyclic) bond motifs is 1. The van der Waals surface area contributed by atoms with Crippen LogP contribution < -0.4 is 10.6 Å². The number of aryl methyl sites for hydroxylation is 1. The third-order valence-electron chi connectivity index (χ3n) is 4.49. The summed E-state index contributed by atoms with van der Waals surface area (Å²) in [7, 11) is 0. The van der Waals surface area contributed by atoms with Gasteiger partial charge in [0.15, 0.2) is 5.13 Å². The molecule has 2 N–H and O–H groups in total. The molecule has 0 radical (unpaired) electrons. The van der Waals surface area contributed by atoms with Crippen molar-refractivity contribution in [2.75, 3.05) is 18.5 Å². The number of carbonyl (C=O) groups excluding carboxylic acids is 3. The van der Waals surface area contributed by atoms with Crippen LogP contribution in [0.1, 0.15) is 25.8 Å². The van der Waals surface area contributed by atoms with Gasteiger partial charge in [-0.25, -0.2) is 14.6 Å². The maximum absolute atomic E-state index is 12.3. The number of para-hydroxylation sites is 1. The van der Waals surface area contributed by atoms with Crippen molar-refractivity contribution in [3.63, 3.8) is 0 Å². The first kappa shape index (κ1) is 23.2. The first-order chi connectivity index (χ1) is 15.5. The number of hydrogen-bond acceptors (Lipinski definition) is 8. The Labute approximate surface area is 189 Å². The van der Waals surface area contributed by atoms with Gasteiger partial charge in [-0.05, 0) is 50.1 Å². The maximum Gasteiger partial charge on any atom is 0.340 e. The zero-order valence-corrected chi connectivity index (χ0v) is 18.7. The van der Waals surface area contributed by atoms with E-state index in [0.717, 1.165) is 26.6 Å². The summed E-state index contributed by atoms with van der Waals surface area (Å²) in [5.41, 5.74) is 2.78. The summed E-state index contributed by atoms with van der Waals surface area (Å²) < 4.78 is 10.8. The molecule has 0 atom stereocenters. The molecule has 3 aromatic rings. The number of benzene rings is 2. The van der Waals surface area contributed by atoms with Crippen LogP contribution in [0.2, 0.25) is 0 Å². The van der Waals surface area contributed by atoms with Crippen LogP contribution in [0, 0.1) is 0 Å². The fraction of sp³-hybridized carbons (Fsp3) is 0.304. The van der Waals surface area contributed by atoms with E-state index in [1.54, 1.807) is 25.2 Å². The smallest absolute Gasteiger partial charge is 0.340 e. The lowest BCUT2D eigenvalue weighted by Gasteiger charge is -2.15.